The van der Waals surface area contributed by atoms with Gasteiger partial charge >= 0.3 is 138 Å². The van der Waals surface area contributed by atoms with E-state index < -0.39 is 14.3 Å². The first-order valence-electron chi connectivity index (χ1n) is 7.71. The van der Waals surface area contributed by atoms with Crippen molar-refractivity contribution in [3.8, 4) is 0 Å². The molecular weight excluding hydrogens is 325 g/mol. The van der Waals surface area contributed by atoms with Gasteiger partial charge in [-0.2, -0.15) is 0 Å². The Morgan fingerprint density at radius 3 is 1.09 bits per heavy atom. The van der Waals surface area contributed by atoms with Crippen molar-refractivity contribution in [2.45, 2.75) is 20.8 Å². The number of rotatable bonds is 3. The normalized spacial score (nSPS) is 10.9. The minimum atomic E-state index is -1.73. The molecule has 0 bridgehead atoms. The van der Waals surface area contributed by atoms with Crippen molar-refractivity contribution >= 4 is 27.5 Å². The van der Waals surface area contributed by atoms with E-state index in [0.717, 1.165) is 0 Å². The summed E-state index contributed by atoms with van der Waals surface area (Å²) in [6.07, 6.45) is 0. The van der Waals surface area contributed by atoms with Crippen molar-refractivity contribution in [1.29, 1.82) is 0 Å². The number of hydrogen-bond donors (Lipinski definition) is 0. The van der Waals surface area contributed by atoms with Crippen molar-refractivity contribution in [1.82, 2.24) is 0 Å². The molecule has 0 aliphatic carbocycles. The van der Waals surface area contributed by atoms with Gasteiger partial charge in [-0.25, -0.2) is 0 Å². The quantitative estimate of drug-likeness (QED) is 0.640. The fourth-order valence-corrected chi connectivity index (χ4v) is 9.00. The molecule has 3 rings (SSSR count). The van der Waals surface area contributed by atoms with E-state index in [9.17, 15) is 0 Å². The first-order valence-corrected chi connectivity index (χ1v) is 10.9. The number of benzene rings is 3. The average Bonchev–Trinajstić information content (AvgIpc) is 2.48. The Morgan fingerprint density at radius 2 is 0.818 bits per heavy atom. The Kier molecular flexibility index (Phi) is 4.49. The fraction of sp³-hybridized carbons (Fsp3) is 0.143. The second kappa shape index (κ2) is 6.54. The van der Waals surface area contributed by atoms with E-state index in [1.54, 1.807) is 0 Å². The van der Waals surface area contributed by atoms with E-state index in [1.165, 1.54) is 29.9 Å². The van der Waals surface area contributed by atoms with Gasteiger partial charge in [0, 0.05) is 0 Å². The zero-order valence-corrected chi connectivity index (χ0v) is 15.5. The summed E-state index contributed by atoms with van der Waals surface area (Å²) >= 11 is -1.73. The van der Waals surface area contributed by atoms with Crippen molar-refractivity contribution in [2.24, 2.45) is 0 Å². The summed E-state index contributed by atoms with van der Waals surface area (Å²) in [6.45, 7) is 6.56. The fourth-order valence-electron chi connectivity index (χ4n) is 2.90. The van der Waals surface area contributed by atoms with Gasteiger partial charge in [0.2, 0.25) is 0 Å². The van der Waals surface area contributed by atoms with Crippen LogP contribution in [-0.4, -0.2) is 14.3 Å². The Bertz CT molecular complexity index is 681. The van der Waals surface area contributed by atoms with Crippen molar-refractivity contribution in [3.05, 3.63) is 89.5 Å². The van der Waals surface area contributed by atoms with Crippen LogP contribution in [0.2, 0.25) is 0 Å². The monoisotopic (exact) mass is 347 g/mol. The van der Waals surface area contributed by atoms with Crippen LogP contribution in [0.4, 0.5) is 0 Å². The molecule has 0 saturated carbocycles. The predicted molar refractivity (Wildman–Crippen MR) is 98.2 cm³/mol. The summed E-state index contributed by atoms with van der Waals surface area (Å²) in [5, 5.41) is 0. The molecule has 109 valence electrons. The van der Waals surface area contributed by atoms with Crippen LogP contribution in [0.1, 0.15) is 16.7 Å². The van der Waals surface area contributed by atoms with Crippen LogP contribution in [0.25, 0.3) is 0 Å². The molecular formula is C21H21Ge. The maximum atomic E-state index is 2.38. The number of hydrogen-bond acceptors (Lipinski definition) is 0. The minimum absolute atomic E-state index is 1.35. The average molecular weight is 346 g/mol. The summed E-state index contributed by atoms with van der Waals surface area (Å²) in [7, 11) is 0. The summed E-state index contributed by atoms with van der Waals surface area (Å²) in [6, 6.07) is 27.2. The van der Waals surface area contributed by atoms with E-state index in [2.05, 4.69) is 93.6 Å². The SMILES string of the molecule is Cc1ccc[c]([Ge]([c]2cccc(C)c2)[c]2cccc(C)c2)c1. The van der Waals surface area contributed by atoms with Crippen LogP contribution in [-0.2, 0) is 0 Å². The Balaban J connectivity index is 2.18. The molecule has 0 spiro atoms. The zero-order chi connectivity index (χ0) is 15.5. The predicted octanol–water partition coefficient (Wildman–Crippen LogP) is 3.13. The van der Waals surface area contributed by atoms with Crippen molar-refractivity contribution in [3.63, 3.8) is 0 Å². The summed E-state index contributed by atoms with van der Waals surface area (Å²) in [5.41, 5.74) is 4.05. The van der Waals surface area contributed by atoms with Crippen LogP contribution in [0.5, 0.6) is 0 Å². The molecule has 3 aromatic rings. The third kappa shape index (κ3) is 3.33. The second-order valence-electron chi connectivity index (χ2n) is 5.98. The molecule has 0 amide bonds. The molecule has 0 nitrogen and oxygen atoms in total. The molecule has 0 heterocycles. The molecule has 0 fully saturated rings. The van der Waals surface area contributed by atoms with Crippen LogP contribution in [0, 0.1) is 20.8 Å². The number of aryl methyl sites for hydroxylation is 3. The van der Waals surface area contributed by atoms with Gasteiger partial charge in [0.25, 0.3) is 0 Å². The molecule has 22 heavy (non-hydrogen) atoms. The van der Waals surface area contributed by atoms with Gasteiger partial charge in [0.15, 0.2) is 0 Å². The van der Waals surface area contributed by atoms with Gasteiger partial charge in [-0.3, -0.25) is 0 Å². The Labute approximate surface area is 137 Å². The third-order valence-electron chi connectivity index (χ3n) is 3.92. The van der Waals surface area contributed by atoms with E-state index in [0.29, 0.717) is 0 Å². The van der Waals surface area contributed by atoms with Gasteiger partial charge in [0.1, 0.15) is 0 Å². The van der Waals surface area contributed by atoms with Gasteiger partial charge in [-0.05, 0) is 0 Å². The topological polar surface area (TPSA) is 0 Å². The molecule has 1 radical (unpaired) electrons. The molecule has 0 aliphatic heterocycles. The van der Waals surface area contributed by atoms with E-state index >= 15 is 0 Å². The summed E-state index contributed by atoms with van der Waals surface area (Å²) in [5.74, 6) is 0. The first kappa shape index (κ1) is 15.1. The van der Waals surface area contributed by atoms with Crippen molar-refractivity contribution in [2.75, 3.05) is 0 Å². The molecule has 0 aliphatic rings. The molecule has 1 heteroatoms. The molecule has 0 N–H and O–H groups in total. The Hall–Kier alpha value is -1.80. The van der Waals surface area contributed by atoms with Crippen molar-refractivity contribution < 1.29 is 0 Å². The van der Waals surface area contributed by atoms with Gasteiger partial charge in [-0.15, -0.1) is 0 Å². The van der Waals surface area contributed by atoms with Gasteiger partial charge < -0.3 is 0 Å². The standard InChI is InChI=1S/C21H21Ge/c1-16-7-4-10-19(13-16)22(20-11-5-8-17(2)14-20)21-12-6-9-18(3)15-21/h4-15H,1-3H3. The second-order valence-corrected chi connectivity index (χ2v) is 11.2. The molecule has 3 aromatic carbocycles. The Morgan fingerprint density at radius 1 is 0.500 bits per heavy atom. The first-order chi connectivity index (χ1) is 10.6. The van der Waals surface area contributed by atoms with Crippen LogP contribution >= 0.6 is 0 Å². The van der Waals surface area contributed by atoms with E-state index in [-0.39, 0.29) is 0 Å². The van der Waals surface area contributed by atoms with Crippen LogP contribution in [0.3, 0.4) is 0 Å². The van der Waals surface area contributed by atoms with Gasteiger partial charge in [0.05, 0.1) is 0 Å². The van der Waals surface area contributed by atoms with Crippen LogP contribution in [0.15, 0.2) is 72.8 Å². The zero-order valence-electron chi connectivity index (χ0n) is 13.4. The summed E-state index contributed by atoms with van der Waals surface area (Å²) < 4.78 is 4.57. The molecule has 0 aromatic heterocycles. The summed E-state index contributed by atoms with van der Waals surface area (Å²) in [4.78, 5) is 0. The van der Waals surface area contributed by atoms with Gasteiger partial charge in [-0.1, -0.05) is 0 Å². The third-order valence-corrected chi connectivity index (χ3v) is 9.51. The molecule has 0 atom stereocenters. The molecule has 0 saturated heterocycles. The maximum absolute atomic E-state index is 2.38. The van der Waals surface area contributed by atoms with Crippen LogP contribution < -0.4 is 13.2 Å². The molecule has 0 unspecified atom stereocenters. The van der Waals surface area contributed by atoms with E-state index in [4.69, 9.17) is 0 Å². The van der Waals surface area contributed by atoms with E-state index in [1.807, 2.05) is 0 Å².